The number of hydrogen-bond acceptors (Lipinski definition) is 5. The highest BCUT2D eigenvalue weighted by molar-refractivity contribution is 5.75. The third-order valence-electron chi connectivity index (χ3n) is 4.49. The van der Waals surface area contributed by atoms with Crippen LogP contribution < -0.4 is 5.32 Å². The minimum absolute atomic E-state index is 0.0389. The predicted octanol–water partition coefficient (Wildman–Crippen LogP) is 4.27. The Balaban J connectivity index is 1.68. The molecule has 6 nitrogen and oxygen atoms in total. The van der Waals surface area contributed by atoms with Crippen LogP contribution in [0, 0.1) is 17.6 Å². The van der Waals surface area contributed by atoms with Gasteiger partial charge in [-0.25, -0.2) is 28.2 Å². The highest BCUT2D eigenvalue weighted by atomic mass is 19.1. The first-order valence-corrected chi connectivity index (χ1v) is 8.85. The van der Waals surface area contributed by atoms with Gasteiger partial charge in [0.2, 0.25) is 0 Å². The van der Waals surface area contributed by atoms with Crippen LogP contribution in [0.15, 0.2) is 55.2 Å². The molecule has 0 aliphatic carbocycles. The molecule has 0 bridgehead atoms. The lowest BCUT2D eigenvalue weighted by molar-refractivity contribution is 0.502. The number of nitrogens with one attached hydrogen (secondary N) is 1. The summed E-state index contributed by atoms with van der Waals surface area (Å²) in [5.74, 6) is -0.624. The second-order valence-electron chi connectivity index (χ2n) is 6.77. The quantitative estimate of drug-likeness (QED) is 0.560. The standard InChI is InChI=1S/C20H18F2N6/c1-12(2)19(14-5-4-13(21)8-16(14)22)27-18-9-17(24-11-25-18)15-10-26-28-7-3-6-23-20(15)28/h3-12,19H,1-2H3,(H,24,25,27)/t19-/m0/s1. The zero-order chi connectivity index (χ0) is 19.7. The molecule has 0 radical (unpaired) electrons. The van der Waals surface area contributed by atoms with Crippen molar-refractivity contribution in [2.75, 3.05) is 5.32 Å². The maximum Gasteiger partial charge on any atom is 0.164 e. The summed E-state index contributed by atoms with van der Waals surface area (Å²) < 4.78 is 29.3. The van der Waals surface area contributed by atoms with E-state index in [9.17, 15) is 8.78 Å². The van der Waals surface area contributed by atoms with Crippen molar-refractivity contribution < 1.29 is 8.78 Å². The van der Waals surface area contributed by atoms with E-state index in [4.69, 9.17) is 0 Å². The van der Waals surface area contributed by atoms with Crippen molar-refractivity contribution in [1.29, 1.82) is 0 Å². The van der Waals surface area contributed by atoms with E-state index in [1.807, 2.05) is 13.8 Å². The minimum Gasteiger partial charge on any atom is -0.363 e. The topological polar surface area (TPSA) is 68.0 Å². The smallest absolute Gasteiger partial charge is 0.164 e. The van der Waals surface area contributed by atoms with E-state index in [1.54, 1.807) is 35.2 Å². The molecule has 28 heavy (non-hydrogen) atoms. The molecule has 142 valence electrons. The van der Waals surface area contributed by atoms with Crippen molar-refractivity contribution in [2.24, 2.45) is 5.92 Å². The van der Waals surface area contributed by atoms with E-state index < -0.39 is 11.6 Å². The average Bonchev–Trinajstić information content (AvgIpc) is 3.11. The maximum absolute atomic E-state index is 14.3. The van der Waals surface area contributed by atoms with Gasteiger partial charge in [-0.05, 0) is 18.1 Å². The van der Waals surface area contributed by atoms with Crippen molar-refractivity contribution in [3.8, 4) is 11.3 Å². The maximum atomic E-state index is 14.3. The summed E-state index contributed by atoms with van der Waals surface area (Å²) in [7, 11) is 0. The van der Waals surface area contributed by atoms with E-state index in [0.29, 0.717) is 22.7 Å². The Bertz CT molecular complexity index is 1120. The lowest BCUT2D eigenvalue weighted by Gasteiger charge is -2.24. The molecule has 3 heterocycles. The molecule has 0 aliphatic heterocycles. The molecule has 3 aromatic heterocycles. The van der Waals surface area contributed by atoms with Gasteiger partial charge in [0.05, 0.1) is 23.5 Å². The molecular weight excluding hydrogens is 362 g/mol. The van der Waals surface area contributed by atoms with Gasteiger partial charge in [0.15, 0.2) is 5.65 Å². The van der Waals surface area contributed by atoms with Crippen molar-refractivity contribution in [2.45, 2.75) is 19.9 Å². The van der Waals surface area contributed by atoms with Crippen molar-refractivity contribution >= 4 is 11.5 Å². The third-order valence-corrected chi connectivity index (χ3v) is 4.49. The number of aromatic nitrogens is 5. The summed E-state index contributed by atoms with van der Waals surface area (Å²) in [6.45, 7) is 3.91. The Labute approximate surface area is 160 Å². The van der Waals surface area contributed by atoms with Gasteiger partial charge in [0.25, 0.3) is 0 Å². The van der Waals surface area contributed by atoms with Crippen LogP contribution in [0.2, 0.25) is 0 Å². The summed E-state index contributed by atoms with van der Waals surface area (Å²) >= 11 is 0. The molecule has 4 aromatic rings. The van der Waals surface area contributed by atoms with Crippen molar-refractivity contribution in [3.63, 3.8) is 0 Å². The Morgan fingerprint density at radius 1 is 1.07 bits per heavy atom. The molecule has 8 heteroatoms. The van der Waals surface area contributed by atoms with Gasteiger partial charge in [-0.15, -0.1) is 0 Å². The molecule has 0 fully saturated rings. The molecule has 0 saturated heterocycles. The summed E-state index contributed by atoms with van der Waals surface area (Å²) in [5, 5.41) is 7.51. The SMILES string of the molecule is CC(C)[C@H](Nc1cc(-c2cnn3cccnc23)ncn1)c1ccc(F)cc1F. The van der Waals surface area contributed by atoms with Crippen molar-refractivity contribution in [1.82, 2.24) is 24.6 Å². The zero-order valence-electron chi connectivity index (χ0n) is 15.3. The molecule has 0 saturated carbocycles. The molecule has 0 spiro atoms. The minimum atomic E-state index is -0.603. The third kappa shape index (κ3) is 3.40. The van der Waals surface area contributed by atoms with Gasteiger partial charge >= 0.3 is 0 Å². The van der Waals surface area contributed by atoms with Crippen LogP contribution in [0.3, 0.4) is 0 Å². The monoisotopic (exact) mass is 380 g/mol. The normalized spacial score (nSPS) is 12.5. The summed E-state index contributed by atoms with van der Waals surface area (Å²) in [4.78, 5) is 12.9. The number of nitrogens with zero attached hydrogens (tertiary/aromatic N) is 5. The first-order valence-electron chi connectivity index (χ1n) is 8.85. The summed E-state index contributed by atoms with van der Waals surface area (Å²) in [6, 6.07) is 6.78. The Hall–Kier alpha value is -3.42. The van der Waals surface area contributed by atoms with E-state index in [0.717, 1.165) is 11.6 Å². The Morgan fingerprint density at radius 2 is 1.93 bits per heavy atom. The molecule has 1 aromatic carbocycles. The summed E-state index contributed by atoms with van der Waals surface area (Å²) in [5.41, 5.74) is 2.47. The highest BCUT2D eigenvalue weighted by Gasteiger charge is 2.21. The molecule has 0 aliphatic rings. The fraction of sp³-hybridized carbons (Fsp3) is 0.200. The molecule has 1 N–H and O–H groups in total. The van der Waals surface area contributed by atoms with Gasteiger partial charge < -0.3 is 5.32 Å². The van der Waals surface area contributed by atoms with E-state index >= 15 is 0 Å². The van der Waals surface area contributed by atoms with Crippen LogP contribution in [0.4, 0.5) is 14.6 Å². The molecule has 4 rings (SSSR count). The average molecular weight is 380 g/mol. The highest BCUT2D eigenvalue weighted by Crippen LogP contribution is 2.29. The summed E-state index contributed by atoms with van der Waals surface area (Å²) in [6.07, 6.45) is 6.61. The van der Waals surface area contributed by atoms with E-state index in [-0.39, 0.29) is 12.0 Å². The van der Waals surface area contributed by atoms with Gasteiger partial charge in [-0.1, -0.05) is 19.9 Å². The molecule has 1 atom stereocenters. The van der Waals surface area contributed by atoms with Gasteiger partial charge in [-0.2, -0.15) is 5.10 Å². The zero-order valence-corrected chi connectivity index (χ0v) is 15.3. The fourth-order valence-electron chi connectivity index (χ4n) is 3.11. The van der Waals surface area contributed by atoms with Gasteiger partial charge in [0, 0.05) is 30.1 Å². The van der Waals surface area contributed by atoms with E-state index in [2.05, 4.69) is 25.4 Å². The lowest BCUT2D eigenvalue weighted by Crippen LogP contribution is -2.19. The molecule has 0 amide bonds. The van der Waals surface area contributed by atoms with Crippen LogP contribution in [0.25, 0.3) is 16.9 Å². The first kappa shape index (κ1) is 18.0. The van der Waals surface area contributed by atoms with Gasteiger partial charge in [-0.3, -0.25) is 0 Å². The number of hydrogen-bond donors (Lipinski definition) is 1. The Kier molecular flexibility index (Phi) is 4.68. The number of fused-ring (bicyclic) bond motifs is 1. The largest absolute Gasteiger partial charge is 0.363 e. The Morgan fingerprint density at radius 3 is 2.71 bits per heavy atom. The van der Waals surface area contributed by atoms with Crippen LogP contribution in [-0.4, -0.2) is 24.6 Å². The second-order valence-corrected chi connectivity index (χ2v) is 6.77. The predicted molar refractivity (Wildman–Crippen MR) is 102 cm³/mol. The number of anilines is 1. The van der Waals surface area contributed by atoms with Crippen LogP contribution in [0.5, 0.6) is 0 Å². The van der Waals surface area contributed by atoms with Crippen molar-refractivity contribution in [3.05, 3.63) is 72.4 Å². The van der Waals surface area contributed by atoms with Crippen LogP contribution in [-0.2, 0) is 0 Å². The second kappa shape index (κ2) is 7.30. The van der Waals surface area contributed by atoms with Crippen LogP contribution >= 0.6 is 0 Å². The van der Waals surface area contributed by atoms with Gasteiger partial charge in [0.1, 0.15) is 23.8 Å². The first-order chi connectivity index (χ1) is 13.5. The molecule has 0 unspecified atom stereocenters. The fourth-order valence-corrected chi connectivity index (χ4v) is 3.11. The molecular formula is C20H18F2N6. The number of rotatable bonds is 5. The number of benzene rings is 1. The van der Waals surface area contributed by atoms with Crippen LogP contribution in [0.1, 0.15) is 25.5 Å². The lowest BCUT2D eigenvalue weighted by atomic mass is 9.95. The number of halogens is 2. The van der Waals surface area contributed by atoms with E-state index in [1.165, 1.54) is 18.5 Å².